The average Bonchev–Trinajstić information content (AvgIpc) is 2.56. The number of carbonyl (C=O) groups is 1. The van der Waals surface area contributed by atoms with Crippen molar-refractivity contribution in [3.05, 3.63) is 66.2 Å². The molecule has 0 radical (unpaired) electrons. The summed E-state index contributed by atoms with van der Waals surface area (Å²) in [5, 5.41) is 5.83. The highest BCUT2D eigenvalue weighted by atomic mass is 16.2. The Hall–Kier alpha value is -2.49. The van der Waals surface area contributed by atoms with Crippen molar-refractivity contribution in [2.45, 2.75) is 13.0 Å². The van der Waals surface area contributed by atoms with Crippen molar-refractivity contribution in [1.82, 2.24) is 10.6 Å². The quantitative estimate of drug-likeness (QED) is 0.860. The van der Waals surface area contributed by atoms with Gasteiger partial charge >= 0.3 is 6.03 Å². The van der Waals surface area contributed by atoms with Gasteiger partial charge in [0.1, 0.15) is 0 Å². The zero-order valence-corrected chi connectivity index (χ0v) is 13.1. The van der Waals surface area contributed by atoms with Crippen molar-refractivity contribution < 1.29 is 4.79 Å². The molecule has 2 amide bonds. The Bertz CT molecular complexity index is 571. The van der Waals surface area contributed by atoms with Crippen molar-refractivity contribution in [3.63, 3.8) is 0 Å². The molecule has 0 spiro atoms. The number of hydrogen-bond acceptors (Lipinski definition) is 2. The van der Waals surface area contributed by atoms with E-state index in [1.165, 1.54) is 0 Å². The first-order valence-electron chi connectivity index (χ1n) is 7.52. The van der Waals surface area contributed by atoms with E-state index in [2.05, 4.69) is 27.7 Å². The molecule has 2 N–H and O–H groups in total. The monoisotopic (exact) mass is 297 g/mol. The highest BCUT2D eigenvalue weighted by Gasteiger charge is 2.08. The molecular weight excluding hydrogens is 274 g/mol. The van der Waals surface area contributed by atoms with E-state index in [9.17, 15) is 4.79 Å². The average molecular weight is 297 g/mol. The molecule has 0 saturated heterocycles. The molecule has 0 aliphatic rings. The molecular formula is C18H23N3O. The zero-order valence-electron chi connectivity index (χ0n) is 13.1. The number of urea groups is 1. The van der Waals surface area contributed by atoms with Gasteiger partial charge in [-0.05, 0) is 24.6 Å². The van der Waals surface area contributed by atoms with Crippen molar-refractivity contribution in [1.29, 1.82) is 0 Å². The van der Waals surface area contributed by atoms with E-state index in [0.29, 0.717) is 6.54 Å². The maximum absolute atomic E-state index is 11.9. The van der Waals surface area contributed by atoms with Crippen molar-refractivity contribution in [3.8, 4) is 0 Å². The van der Waals surface area contributed by atoms with Gasteiger partial charge in [0.05, 0.1) is 6.04 Å². The largest absolute Gasteiger partial charge is 0.373 e. The van der Waals surface area contributed by atoms with Crippen molar-refractivity contribution >= 4 is 11.7 Å². The van der Waals surface area contributed by atoms with E-state index in [1.807, 2.05) is 62.5 Å². The molecule has 4 nitrogen and oxygen atoms in total. The van der Waals surface area contributed by atoms with Gasteiger partial charge in [0.25, 0.3) is 0 Å². The Balaban J connectivity index is 1.72. The van der Waals surface area contributed by atoms with Gasteiger partial charge in [0.15, 0.2) is 0 Å². The minimum atomic E-state index is -0.141. The zero-order chi connectivity index (χ0) is 15.8. The van der Waals surface area contributed by atoms with Gasteiger partial charge in [-0.2, -0.15) is 0 Å². The van der Waals surface area contributed by atoms with Gasteiger partial charge < -0.3 is 15.5 Å². The Kier molecular flexibility index (Phi) is 5.83. The van der Waals surface area contributed by atoms with E-state index in [-0.39, 0.29) is 12.1 Å². The van der Waals surface area contributed by atoms with E-state index in [4.69, 9.17) is 0 Å². The van der Waals surface area contributed by atoms with Crippen LogP contribution in [0.2, 0.25) is 0 Å². The maximum Gasteiger partial charge on any atom is 0.315 e. The van der Waals surface area contributed by atoms with Gasteiger partial charge in [-0.15, -0.1) is 0 Å². The maximum atomic E-state index is 11.9. The van der Waals surface area contributed by atoms with Crippen LogP contribution >= 0.6 is 0 Å². The Morgan fingerprint density at radius 1 is 1.05 bits per heavy atom. The van der Waals surface area contributed by atoms with Crippen LogP contribution in [0, 0.1) is 0 Å². The summed E-state index contributed by atoms with van der Waals surface area (Å²) < 4.78 is 0. The minimum absolute atomic E-state index is 0.00643. The topological polar surface area (TPSA) is 44.4 Å². The summed E-state index contributed by atoms with van der Waals surface area (Å²) in [5.74, 6) is 0. The smallest absolute Gasteiger partial charge is 0.315 e. The molecule has 0 aliphatic heterocycles. The number of rotatable bonds is 6. The van der Waals surface area contributed by atoms with E-state index in [0.717, 1.165) is 17.8 Å². The fourth-order valence-corrected chi connectivity index (χ4v) is 2.22. The van der Waals surface area contributed by atoms with Crippen LogP contribution in [0.5, 0.6) is 0 Å². The minimum Gasteiger partial charge on any atom is -0.373 e. The first kappa shape index (κ1) is 15.9. The highest BCUT2D eigenvalue weighted by Crippen LogP contribution is 2.11. The first-order chi connectivity index (χ1) is 10.7. The number of amides is 2. The lowest BCUT2D eigenvalue weighted by atomic mass is 10.1. The van der Waals surface area contributed by atoms with Crippen LogP contribution in [-0.2, 0) is 0 Å². The van der Waals surface area contributed by atoms with Crippen LogP contribution in [0.1, 0.15) is 18.5 Å². The van der Waals surface area contributed by atoms with Gasteiger partial charge in [-0.3, -0.25) is 0 Å². The predicted molar refractivity (Wildman–Crippen MR) is 91.1 cm³/mol. The Labute approximate surface area is 132 Å². The number of hydrogen-bond donors (Lipinski definition) is 2. The van der Waals surface area contributed by atoms with Crippen LogP contribution in [0.4, 0.5) is 10.5 Å². The first-order valence-corrected chi connectivity index (χ1v) is 7.52. The SMILES string of the molecule is CC(NC(=O)NCCN(C)c1ccccc1)c1ccccc1. The molecule has 22 heavy (non-hydrogen) atoms. The van der Waals surface area contributed by atoms with Crippen molar-refractivity contribution in [2.75, 3.05) is 25.0 Å². The van der Waals surface area contributed by atoms with E-state index in [1.54, 1.807) is 0 Å². The molecule has 116 valence electrons. The van der Waals surface area contributed by atoms with Gasteiger partial charge in [0.2, 0.25) is 0 Å². The molecule has 0 aliphatic carbocycles. The standard InChI is InChI=1S/C18H23N3O/c1-15(16-9-5-3-6-10-16)20-18(22)19-13-14-21(2)17-11-7-4-8-12-17/h3-12,15H,13-14H2,1-2H3,(H2,19,20,22). The number of likely N-dealkylation sites (N-methyl/N-ethyl adjacent to an activating group) is 1. The third kappa shape index (κ3) is 4.81. The third-order valence-corrected chi connectivity index (χ3v) is 3.58. The number of nitrogens with zero attached hydrogens (tertiary/aromatic N) is 1. The third-order valence-electron chi connectivity index (χ3n) is 3.58. The summed E-state index contributed by atoms with van der Waals surface area (Å²) in [5.41, 5.74) is 2.24. The summed E-state index contributed by atoms with van der Waals surface area (Å²) in [4.78, 5) is 14.0. The fourth-order valence-electron chi connectivity index (χ4n) is 2.22. The molecule has 2 aromatic rings. The predicted octanol–water partition coefficient (Wildman–Crippen LogP) is 3.18. The molecule has 4 heteroatoms. The summed E-state index contributed by atoms with van der Waals surface area (Å²) in [6.07, 6.45) is 0. The molecule has 0 aromatic heterocycles. The lowest BCUT2D eigenvalue weighted by Gasteiger charge is -2.20. The van der Waals surface area contributed by atoms with E-state index >= 15 is 0 Å². The normalized spacial score (nSPS) is 11.5. The Morgan fingerprint density at radius 2 is 1.64 bits per heavy atom. The molecule has 0 fully saturated rings. The summed E-state index contributed by atoms with van der Waals surface area (Å²) >= 11 is 0. The molecule has 0 bridgehead atoms. The fraction of sp³-hybridized carbons (Fsp3) is 0.278. The second-order valence-corrected chi connectivity index (χ2v) is 5.29. The molecule has 0 heterocycles. The molecule has 0 saturated carbocycles. The van der Waals surface area contributed by atoms with E-state index < -0.39 is 0 Å². The van der Waals surface area contributed by atoms with Crippen LogP contribution in [-0.4, -0.2) is 26.2 Å². The highest BCUT2D eigenvalue weighted by molar-refractivity contribution is 5.74. The van der Waals surface area contributed by atoms with Crippen LogP contribution < -0.4 is 15.5 Å². The number of carbonyl (C=O) groups excluding carboxylic acids is 1. The molecule has 2 aromatic carbocycles. The number of benzene rings is 2. The van der Waals surface area contributed by atoms with Crippen molar-refractivity contribution in [2.24, 2.45) is 0 Å². The summed E-state index contributed by atoms with van der Waals surface area (Å²) in [6, 6.07) is 19.9. The van der Waals surface area contributed by atoms with Gasteiger partial charge in [-0.25, -0.2) is 4.79 Å². The summed E-state index contributed by atoms with van der Waals surface area (Å²) in [7, 11) is 2.02. The second-order valence-electron chi connectivity index (χ2n) is 5.29. The van der Waals surface area contributed by atoms with Crippen LogP contribution in [0.25, 0.3) is 0 Å². The Morgan fingerprint density at radius 3 is 2.27 bits per heavy atom. The number of anilines is 1. The van der Waals surface area contributed by atoms with Gasteiger partial charge in [-0.1, -0.05) is 48.5 Å². The van der Waals surface area contributed by atoms with Gasteiger partial charge in [0, 0.05) is 25.8 Å². The molecule has 1 unspecified atom stereocenters. The number of para-hydroxylation sites is 1. The lowest BCUT2D eigenvalue weighted by molar-refractivity contribution is 0.238. The van der Waals surface area contributed by atoms with Crippen LogP contribution in [0.3, 0.4) is 0 Å². The summed E-state index contributed by atoms with van der Waals surface area (Å²) in [6.45, 7) is 3.33. The van der Waals surface area contributed by atoms with Crippen LogP contribution in [0.15, 0.2) is 60.7 Å². The molecule has 2 rings (SSSR count). The number of nitrogens with one attached hydrogen (secondary N) is 2. The lowest BCUT2D eigenvalue weighted by Crippen LogP contribution is -2.40. The molecule has 1 atom stereocenters. The second kappa shape index (κ2) is 8.08.